The molecule has 0 saturated heterocycles. The Labute approximate surface area is 192 Å². The van der Waals surface area contributed by atoms with Crippen molar-refractivity contribution in [2.24, 2.45) is 5.73 Å². The summed E-state index contributed by atoms with van der Waals surface area (Å²) in [5.41, 5.74) is 5.97. The highest BCUT2D eigenvalue weighted by atomic mass is 19.3. The molecular formula is C24H19F2N5O3. The first-order valence-electron chi connectivity index (χ1n) is 10.2. The van der Waals surface area contributed by atoms with Gasteiger partial charge in [0, 0.05) is 36.0 Å². The Hall–Kier alpha value is -4.47. The number of Topliss-reactive ketones (excluding diaryl/α,β-unsaturated/α-hetero) is 1. The average Bonchev–Trinajstić information content (AvgIpc) is 3.29. The molecule has 10 heteroatoms. The Bertz CT molecular complexity index is 1370. The number of fused-ring (bicyclic) bond motifs is 1. The summed E-state index contributed by atoms with van der Waals surface area (Å²) >= 11 is 0. The predicted molar refractivity (Wildman–Crippen MR) is 120 cm³/mol. The van der Waals surface area contributed by atoms with Crippen LogP contribution in [-0.2, 0) is 16.0 Å². The van der Waals surface area contributed by atoms with Gasteiger partial charge < -0.3 is 11.1 Å². The third-order valence-electron chi connectivity index (χ3n) is 5.25. The van der Waals surface area contributed by atoms with Crippen LogP contribution in [0.25, 0.3) is 22.0 Å². The summed E-state index contributed by atoms with van der Waals surface area (Å²) in [7, 11) is 0. The quantitative estimate of drug-likeness (QED) is 0.390. The number of nitrogens with zero attached hydrogens (tertiary/aromatic N) is 3. The first kappa shape index (κ1) is 22.7. The SMILES string of the molecule is NC(=O)C(=O)C(Cc1ccccc1)NC(=O)c1cn(C(F)F)nc1-c1cncc2ccccc12. The summed E-state index contributed by atoms with van der Waals surface area (Å²) < 4.78 is 27.3. The van der Waals surface area contributed by atoms with Gasteiger partial charge in [-0.2, -0.15) is 13.9 Å². The number of benzene rings is 2. The largest absolute Gasteiger partial charge is 0.363 e. The number of hydrogen-bond donors (Lipinski definition) is 2. The molecule has 0 bridgehead atoms. The van der Waals surface area contributed by atoms with Gasteiger partial charge in [0.1, 0.15) is 11.7 Å². The third kappa shape index (κ3) is 4.65. The monoisotopic (exact) mass is 463 g/mol. The van der Waals surface area contributed by atoms with E-state index in [0.717, 1.165) is 11.6 Å². The van der Waals surface area contributed by atoms with Crippen molar-refractivity contribution in [3.8, 4) is 11.3 Å². The lowest BCUT2D eigenvalue weighted by Gasteiger charge is -2.16. The zero-order valence-electron chi connectivity index (χ0n) is 17.7. The molecular weight excluding hydrogens is 444 g/mol. The number of nitrogens with two attached hydrogens (primary N) is 1. The van der Waals surface area contributed by atoms with Crippen LogP contribution in [0.1, 0.15) is 22.5 Å². The minimum absolute atomic E-state index is 0.0114. The molecule has 1 unspecified atom stereocenters. The van der Waals surface area contributed by atoms with Crippen LogP contribution in [0, 0.1) is 0 Å². The van der Waals surface area contributed by atoms with Crippen molar-refractivity contribution in [1.29, 1.82) is 0 Å². The molecule has 8 nitrogen and oxygen atoms in total. The molecule has 0 saturated carbocycles. The van der Waals surface area contributed by atoms with E-state index in [1.54, 1.807) is 60.8 Å². The molecule has 34 heavy (non-hydrogen) atoms. The van der Waals surface area contributed by atoms with E-state index in [2.05, 4.69) is 15.4 Å². The lowest BCUT2D eigenvalue weighted by atomic mass is 10.00. The van der Waals surface area contributed by atoms with Gasteiger partial charge in [-0.05, 0) is 10.9 Å². The van der Waals surface area contributed by atoms with Crippen LogP contribution < -0.4 is 11.1 Å². The van der Waals surface area contributed by atoms with Gasteiger partial charge in [-0.3, -0.25) is 19.4 Å². The normalized spacial score (nSPS) is 12.0. The smallest absolute Gasteiger partial charge is 0.333 e. The van der Waals surface area contributed by atoms with Crippen molar-refractivity contribution in [3.63, 3.8) is 0 Å². The van der Waals surface area contributed by atoms with Crippen LogP contribution in [0.3, 0.4) is 0 Å². The second kappa shape index (κ2) is 9.57. The highest BCUT2D eigenvalue weighted by Gasteiger charge is 2.29. The average molecular weight is 463 g/mol. The van der Waals surface area contributed by atoms with Crippen molar-refractivity contribution < 1.29 is 23.2 Å². The van der Waals surface area contributed by atoms with Crippen LogP contribution in [0.4, 0.5) is 8.78 Å². The number of ketones is 1. The number of aromatic nitrogens is 3. The van der Waals surface area contributed by atoms with E-state index in [-0.39, 0.29) is 17.7 Å². The Kier molecular flexibility index (Phi) is 6.39. The van der Waals surface area contributed by atoms with Crippen molar-refractivity contribution in [2.45, 2.75) is 19.0 Å². The fourth-order valence-corrected chi connectivity index (χ4v) is 3.63. The zero-order chi connectivity index (χ0) is 24.2. The number of nitrogens with one attached hydrogen (secondary N) is 1. The molecule has 2 heterocycles. The van der Waals surface area contributed by atoms with E-state index in [1.807, 2.05) is 0 Å². The molecule has 2 aromatic carbocycles. The summed E-state index contributed by atoms with van der Waals surface area (Å²) in [5, 5.41) is 7.76. The molecule has 0 aliphatic heterocycles. The van der Waals surface area contributed by atoms with E-state index >= 15 is 0 Å². The lowest BCUT2D eigenvalue weighted by molar-refractivity contribution is -0.137. The Morgan fingerprint density at radius 3 is 2.41 bits per heavy atom. The van der Waals surface area contributed by atoms with E-state index in [1.165, 1.54) is 6.20 Å². The number of amides is 2. The number of alkyl halides is 2. The summed E-state index contributed by atoms with van der Waals surface area (Å²) in [6, 6.07) is 14.5. The Balaban J connectivity index is 1.74. The Morgan fingerprint density at radius 2 is 1.71 bits per heavy atom. The fraction of sp³-hybridized carbons (Fsp3) is 0.125. The number of carbonyl (C=O) groups excluding carboxylic acids is 3. The predicted octanol–water partition coefficient (Wildman–Crippen LogP) is 2.89. The summed E-state index contributed by atoms with van der Waals surface area (Å²) in [4.78, 5) is 41.3. The maximum atomic E-state index is 13.5. The van der Waals surface area contributed by atoms with Crippen molar-refractivity contribution in [2.75, 3.05) is 0 Å². The summed E-state index contributed by atoms with van der Waals surface area (Å²) in [5.74, 6) is -3.08. The van der Waals surface area contributed by atoms with Gasteiger partial charge in [-0.25, -0.2) is 4.68 Å². The molecule has 4 rings (SSSR count). The van der Waals surface area contributed by atoms with Gasteiger partial charge in [0.05, 0.1) is 5.56 Å². The van der Waals surface area contributed by atoms with Crippen LogP contribution >= 0.6 is 0 Å². The van der Waals surface area contributed by atoms with Gasteiger partial charge in [-0.15, -0.1) is 0 Å². The van der Waals surface area contributed by atoms with Crippen molar-refractivity contribution in [1.82, 2.24) is 20.1 Å². The van der Waals surface area contributed by atoms with Crippen LogP contribution in [0.2, 0.25) is 0 Å². The first-order valence-corrected chi connectivity index (χ1v) is 10.2. The van der Waals surface area contributed by atoms with Gasteiger partial charge in [0.2, 0.25) is 5.78 Å². The molecule has 1 atom stereocenters. The van der Waals surface area contributed by atoms with E-state index in [0.29, 0.717) is 21.2 Å². The Morgan fingerprint density at radius 1 is 1.00 bits per heavy atom. The molecule has 0 aliphatic carbocycles. The summed E-state index contributed by atoms with van der Waals surface area (Å²) in [6.07, 6.45) is 3.91. The van der Waals surface area contributed by atoms with E-state index in [9.17, 15) is 23.2 Å². The molecule has 0 spiro atoms. The van der Waals surface area contributed by atoms with Crippen molar-refractivity contribution >= 4 is 28.4 Å². The van der Waals surface area contributed by atoms with E-state index < -0.39 is 30.2 Å². The molecule has 0 fully saturated rings. The lowest BCUT2D eigenvalue weighted by Crippen LogP contribution is -2.47. The molecule has 2 aromatic heterocycles. The fourth-order valence-electron chi connectivity index (χ4n) is 3.63. The minimum Gasteiger partial charge on any atom is -0.363 e. The topological polar surface area (TPSA) is 120 Å². The number of rotatable bonds is 8. The van der Waals surface area contributed by atoms with Gasteiger partial charge in [0.25, 0.3) is 11.8 Å². The number of hydrogen-bond acceptors (Lipinski definition) is 5. The molecule has 2 amide bonds. The maximum absolute atomic E-state index is 13.5. The first-order chi connectivity index (χ1) is 16.3. The van der Waals surface area contributed by atoms with Crippen molar-refractivity contribution in [3.05, 3.63) is 84.3 Å². The second-order valence-electron chi connectivity index (χ2n) is 7.50. The molecule has 0 radical (unpaired) electrons. The number of carbonyl (C=O) groups is 3. The minimum atomic E-state index is -3.00. The zero-order valence-corrected chi connectivity index (χ0v) is 17.7. The molecule has 4 aromatic rings. The number of primary amides is 1. The highest BCUT2D eigenvalue weighted by molar-refractivity contribution is 6.38. The van der Waals surface area contributed by atoms with Crippen LogP contribution in [-0.4, -0.2) is 38.4 Å². The highest BCUT2D eigenvalue weighted by Crippen LogP contribution is 2.30. The van der Waals surface area contributed by atoms with Gasteiger partial charge >= 0.3 is 6.55 Å². The van der Waals surface area contributed by atoms with E-state index in [4.69, 9.17) is 5.73 Å². The van der Waals surface area contributed by atoms with Crippen LogP contribution in [0.15, 0.2) is 73.2 Å². The summed E-state index contributed by atoms with van der Waals surface area (Å²) in [6.45, 7) is -3.00. The molecule has 0 aliphatic rings. The molecule has 172 valence electrons. The third-order valence-corrected chi connectivity index (χ3v) is 5.25. The number of pyridine rings is 1. The van der Waals surface area contributed by atoms with Gasteiger partial charge in [0.15, 0.2) is 0 Å². The van der Waals surface area contributed by atoms with Crippen LogP contribution in [0.5, 0.6) is 0 Å². The molecule has 3 N–H and O–H groups in total. The van der Waals surface area contributed by atoms with Gasteiger partial charge in [-0.1, -0.05) is 54.6 Å². The standard InChI is InChI=1S/C24H19F2N5O3/c25-24(26)31-13-18(20(30-31)17-12-28-11-15-8-4-5-9-16(15)17)23(34)29-19(21(32)22(27)33)10-14-6-2-1-3-7-14/h1-9,11-13,19,24H,10H2,(H2,27,33)(H,29,34). The maximum Gasteiger partial charge on any atom is 0.333 e. The number of halogens is 2. The second-order valence-corrected chi connectivity index (χ2v) is 7.50.